The Kier molecular flexibility index (Phi) is 5.25. The zero-order chi connectivity index (χ0) is 18.7. The standard InChI is InChI=1S/C19H14ClF2N3O/c20-16-7-12(10-23)13(11-24)8-18(16)25-5-3-15(4-6-25)26-19-2-1-14(21)9-17(19)22/h1-2,7-9,15H,3-6H2. The largest absolute Gasteiger partial charge is 0.487 e. The second kappa shape index (κ2) is 7.59. The van der Waals surface area contributed by atoms with Crippen molar-refractivity contribution in [2.45, 2.75) is 18.9 Å². The molecular weight excluding hydrogens is 360 g/mol. The third-order valence-corrected chi connectivity index (χ3v) is 4.60. The summed E-state index contributed by atoms with van der Waals surface area (Å²) in [6, 6.07) is 10.3. The van der Waals surface area contributed by atoms with Gasteiger partial charge in [0.25, 0.3) is 0 Å². The van der Waals surface area contributed by atoms with Crippen molar-refractivity contribution in [1.29, 1.82) is 10.5 Å². The topological polar surface area (TPSA) is 60.1 Å². The summed E-state index contributed by atoms with van der Waals surface area (Å²) in [5.74, 6) is -1.33. The second-order valence-electron chi connectivity index (χ2n) is 5.95. The highest BCUT2D eigenvalue weighted by Gasteiger charge is 2.24. The van der Waals surface area contributed by atoms with E-state index in [1.807, 2.05) is 17.0 Å². The number of nitrogens with zero attached hydrogens (tertiary/aromatic N) is 3. The Morgan fingerprint density at radius 1 is 1.04 bits per heavy atom. The van der Waals surface area contributed by atoms with E-state index in [-0.39, 0.29) is 23.0 Å². The molecular formula is C19H14ClF2N3O. The Hall–Kier alpha value is -2.83. The van der Waals surface area contributed by atoms with Gasteiger partial charge in [-0.1, -0.05) is 11.6 Å². The van der Waals surface area contributed by atoms with Crippen molar-refractivity contribution in [1.82, 2.24) is 0 Å². The SMILES string of the molecule is N#Cc1cc(Cl)c(N2CCC(Oc3ccc(F)cc3F)CC2)cc1C#N. The normalized spacial score (nSPS) is 14.6. The molecule has 0 saturated carbocycles. The van der Waals surface area contributed by atoms with Crippen molar-refractivity contribution in [3.63, 3.8) is 0 Å². The van der Waals surface area contributed by atoms with E-state index in [2.05, 4.69) is 0 Å². The van der Waals surface area contributed by atoms with Crippen LogP contribution < -0.4 is 9.64 Å². The van der Waals surface area contributed by atoms with Crippen molar-refractivity contribution in [2.24, 2.45) is 0 Å². The molecule has 1 aliphatic heterocycles. The fraction of sp³-hybridized carbons (Fsp3) is 0.263. The van der Waals surface area contributed by atoms with E-state index in [4.69, 9.17) is 26.9 Å². The van der Waals surface area contributed by atoms with Crippen LogP contribution >= 0.6 is 11.6 Å². The first-order valence-corrected chi connectivity index (χ1v) is 8.40. The van der Waals surface area contributed by atoms with E-state index in [1.54, 1.807) is 6.07 Å². The average Bonchev–Trinajstić information content (AvgIpc) is 2.64. The number of benzene rings is 2. The third kappa shape index (κ3) is 3.71. The summed E-state index contributed by atoms with van der Waals surface area (Å²) in [6.45, 7) is 1.20. The first-order chi connectivity index (χ1) is 12.5. The van der Waals surface area contributed by atoms with Crippen LogP contribution in [-0.4, -0.2) is 19.2 Å². The molecule has 1 aliphatic rings. The fourth-order valence-electron chi connectivity index (χ4n) is 2.95. The zero-order valence-electron chi connectivity index (χ0n) is 13.7. The van der Waals surface area contributed by atoms with Crippen LogP contribution in [0.15, 0.2) is 30.3 Å². The van der Waals surface area contributed by atoms with Crippen LogP contribution in [-0.2, 0) is 0 Å². The van der Waals surface area contributed by atoms with E-state index < -0.39 is 11.6 Å². The molecule has 132 valence electrons. The van der Waals surface area contributed by atoms with Crippen LogP contribution in [0.1, 0.15) is 24.0 Å². The molecule has 0 aliphatic carbocycles. The van der Waals surface area contributed by atoms with E-state index in [0.29, 0.717) is 36.6 Å². The summed E-state index contributed by atoms with van der Waals surface area (Å²) >= 11 is 6.25. The second-order valence-corrected chi connectivity index (χ2v) is 6.36. The molecule has 3 rings (SSSR count). The van der Waals surface area contributed by atoms with Gasteiger partial charge >= 0.3 is 0 Å². The van der Waals surface area contributed by atoms with E-state index in [9.17, 15) is 8.78 Å². The van der Waals surface area contributed by atoms with Crippen LogP contribution in [0.5, 0.6) is 5.75 Å². The van der Waals surface area contributed by atoms with Gasteiger partial charge in [-0.05, 0) is 24.3 Å². The molecule has 0 aromatic heterocycles. The Morgan fingerprint density at radius 3 is 2.31 bits per heavy atom. The number of nitriles is 2. The summed E-state index contributed by atoms with van der Waals surface area (Å²) in [5, 5.41) is 18.6. The van der Waals surface area contributed by atoms with Gasteiger partial charge in [-0.15, -0.1) is 0 Å². The number of hydrogen-bond acceptors (Lipinski definition) is 4. The van der Waals surface area contributed by atoms with Gasteiger partial charge in [0.1, 0.15) is 24.1 Å². The molecule has 0 unspecified atom stereocenters. The third-order valence-electron chi connectivity index (χ3n) is 4.30. The van der Waals surface area contributed by atoms with Crippen molar-refractivity contribution in [3.05, 3.63) is 58.1 Å². The molecule has 0 radical (unpaired) electrons. The van der Waals surface area contributed by atoms with Gasteiger partial charge in [0, 0.05) is 32.0 Å². The average molecular weight is 374 g/mol. The minimum Gasteiger partial charge on any atom is -0.487 e. The molecule has 4 nitrogen and oxygen atoms in total. The lowest BCUT2D eigenvalue weighted by atomic mass is 10.0. The lowest BCUT2D eigenvalue weighted by Crippen LogP contribution is -2.38. The van der Waals surface area contributed by atoms with Gasteiger partial charge in [-0.25, -0.2) is 8.78 Å². The lowest BCUT2D eigenvalue weighted by molar-refractivity contribution is 0.163. The Bertz CT molecular complexity index is 912. The maximum Gasteiger partial charge on any atom is 0.167 e. The number of piperidine rings is 1. The Balaban J connectivity index is 1.69. The molecule has 0 atom stereocenters. The van der Waals surface area contributed by atoms with Gasteiger partial charge in [-0.3, -0.25) is 0 Å². The predicted octanol–water partition coefficient (Wildman–Crippen LogP) is 4.41. The van der Waals surface area contributed by atoms with E-state index in [1.165, 1.54) is 12.1 Å². The molecule has 1 saturated heterocycles. The number of ether oxygens (including phenoxy) is 1. The van der Waals surface area contributed by atoms with E-state index in [0.717, 1.165) is 12.1 Å². The molecule has 0 bridgehead atoms. The van der Waals surface area contributed by atoms with Gasteiger partial charge in [0.05, 0.1) is 21.8 Å². The molecule has 1 fully saturated rings. The van der Waals surface area contributed by atoms with E-state index >= 15 is 0 Å². The predicted molar refractivity (Wildman–Crippen MR) is 93.1 cm³/mol. The lowest BCUT2D eigenvalue weighted by Gasteiger charge is -2.34. The van der Waals surface area contributed by atoms with Gasteiger partial charge in [-0.2, -0.15) is 10.5 Å². The maximum atomic E-state index is 13.7. The van der Waals surface area contributed by atoms with Gasteiger partial charge in [0.2, 0.25) is 0 Å². The molecule has 0 amide bonds. The van der Waals surface area contributed by atoms with Crippen molar-refractivity contribution in [2.75, 3.05) is 18.0 Å². The Labute approximate surface area is 154 Å². The highest BCUT2D eigenvalue weighted by molar-refractivity contribution is 6.33. The van der Waals surface area contributed by atoms with Crippen LogP contribution in [0, 0.1) is 34.3 Å². The quantitative estimate of drug-likeness (QED) is 0.799. The van der Waals surface area contributed by atoms with Crippen LogP contribution in [0.3, 0.4) is 0 Å². The summed E-state index contributed by atoms with van der Waals surface area (Å²) in [6.07, 6.45) is 1.04. The molecule has 2 aromatic carbocycles. The number of hydrogen-bond donors (Lipinski definition) is 0. The molecule has 0 N–H and O–H groups in total. The number of rotatable bonds is 3. The molecule has 1 heterocycles. The molecule has 2 aromatic rings. The first kappa shape index (κ1) is 18.0. The van der Waals surface area contributed by atoms with Crippen molar-refractivity contribution in [3.8, 4) is 17.9 Å². The molecule has 26 heavy (non-hydrogen) atoms. The molecule has 0 spiro atoms. The van der Waals surface area contributed by atoms with Crippen molar-refractivity contribution >= 4 is 17.3 Å². The highest BCUT2D eigenvalue weighted by Crippen LogP contribution is 2.32. The summed E-state index contributed by atoms with van der Waals surface area (Å²) in [5.41, 5.74) is 1.21. The first-order valence-electron chi connectivity index (χ1n) is 8.02. The Morgan fingerprint density at radius 2 is 1.69 bits per heavy atom. The highest BCUT2D eigenvalue weighted by atomic mass is 35.5. The van der Waals surface area contributed by atoms with Crippen LogP contribution in [0.25, 0.3) is 0 Å². The monoisotopic (exact) mass is 373 g/mol. The van der Waals surface area contributed by atoms with Crippen molar-refractivity contribution < 1.29 is 13.5 Å². The smallest absolute Gasteiger partial charge is 0.167 e. The maximum absolute atomic E-state index is 13.7. The molecule has 7 heteroatoms. The van der Waals surface area contributed by atoms with Gasteiger partial charge < -0.3 is 9.64 Å². The summed E-state index contributed by atoms with van der Waals surface area (Å²) in [4.78, 5) is 2.01. The fourth-order valence-corrected chi connectivity index (χ4v) is 3.24. The van der Waals surface area contributed by atoms with Gasteiger partial charge in [0.15, 0.2) is 11.6 Å². The van der Waals surface area contributed by atoms with Crippen LogP contribution in [0.2, 0.25) is 5.02 Å². The minimum atomic E-state index is -0.721. The summed E-state index contributed by atoms with van der Waals surface area (Å²) < 4.78 is 32.3. The number of halogens is 3. The summed E-state index contributed by atoms with van der Waals surface area (Å²) in [7, 11) is 0. The van der Waals surface area contributed by atoms with Crippen LogP contribution in [0.4, 0.5) is 14.5 Å². The minimum absolute atomic E-state index is 0.0352. The number of anilines is 1. The zero-order valence-corrected chi connectivity index (χ0v) is 14.4.